The topological polar surface area (TPSA) is 32.9 Å². The molecule has 0 aliphatic rings. The molecular weight excluding hydrogens is 217 g/mol. The SMILES string of the molecule is O=c1[nH]c(-c2ccccc2)c[se]1. The van der Waals surface area contributed by atoms with Gasteiger partial charge in [-0.25, -0.2) is 0 Å². The van der Waals surface area contributed by atoms with Crippen molar-refractivity contribution >= 4 is 14.5 Å². The minimum absolute atomic E-state index is 0.00876. The number of rotatable bonds is 1. The number of aromatic nitrogens is 1. The number of hydrogen-bond donors (Lipinski definition) is 1. The van der Waals surface area contributed by atoms with Gasteiger partial charge in [0.25, 0.3) is 0 Å². The third-order valence-electron chi connectivity index (χ3n) is 1.61. The van der Waals surface area contributed by atoms with Gasteiger partial charge in [-0.1, -0.05) is 0 Å². The summed E-state index contributed by atoms with van der Waals surface area (Å²) in [6, 6.07) is 9.88. The van der Waals surface area contributed by atoms with Gasteiger partial charge in [-0.2, -0.15) is 0 Å². The van der Waals surface area contributed by atoms with Crippen molar-refractivity contribution < 1.29 is 0 Å². The Labute approximate surface area is 75.6 Å². The van der Waals surface area contributed by atoms with Crippen LogP contribution in [0, 0.1) is 0 Å². The summed E-state index contributed by atoms with van der Waals surface area (Å²) < 4.78 is 0.140. The number of benzene rings is 1. The van der Waals surface area contributed by atoms with Crippen molar-refractivity contribution in [1.29, 1.82) is 0 Å². The fourth-order valence-corrected chi connectivity index (χ4v) is 2.27. The Hall–Kier alpha value is -1.05. The Balaban J connectivity index is 2.51. The van der Waals surface area contributed by atoms with Crippen molar-refractivity contribution in [2.75, 3.05) is 0 Å². The molecule has 0 amide bonds. The average molecular weight is 224 g/mol. The molecular formula is C9H7NOSe. The van der Waals surface area contributed by atoms with E-state index >= 15 is 0 Å². The molecule has 1 aromatic heterocycles. The summed E-state index contributed by atoms with van der Waals surface area (Å²) in [6.07, 6.45) is 0. The Morgan fingerprint density at radius 2 is 1.92 bits per heavy atom. The Kier molecular flexibility index (Phi) is 1.98. The number of aromatic amines is 1. The zero-order valence-electron chi connectivity index (χ0n) is 6.28. The van der Waals surface area contributed by atoms with E-state index in [0.29, 0.717) is 0 Å². The third kappa shape index (κ3) is 1.42. The van der Waals surface area contributed by atoms with Crippen LogP contribution in [0.15, 0.2) is 40.1 Å². The summed E-state index contributed by atoms with van der Waals surface area (Å²) in [7, 11) is 0. The van der Waals surface area contributed by atoms with Crippen molar-refractivity contribution in [2.24, 2.45) is 0 Å². The molecule has 2 nitrogen and oxygen atoms in total. The number of hydrogen-bond acceptors (Lipinski definition) is 1. The van der Waals surface area contributed by atoms with Crippen molar-refractivity contribution in [2.45, 2.75) is 0 Å². The van der Waals surface area contributed by atoms with Gasteiger partial charge in [-0.3, -0.25) is 0 Å². The van der Waals surface area contributed by atoms with E-state index in [2.05, 4.69) is 4.98 Å². The van der Waals surface area contributed by atoms with Crippen LogP contribution in [0.2, 0.25) is 0 Å². The molecule has 2 rings (SSSR count). The fraction of sp³-hybridized carbons (Fsp3) is 0. The Morgan fingerprint density at radius 1 is 1.17 bits per heavy atom. The first kappa shape index (κ1) is 7.59. The van der Waals surface area contributed by atoms with E-state index in [4.69, 9.17) is 0 Å². The van der Waals surface area contributed by atoms with Gasteiger partial charge in [0.05, 0.1) is 0 Å². The monoisotopic (exact) mass is 225 g/mol. The molecule has 0 saturated heterocycles. The zero-order chi connectivity index (χ0) is 8.39. The van der Waals surface area contributed by atoms with Crippen LogP contribution in [-0.2, 0) is 0 Å². The van der Waals surface area contributed by atoms with Gasteiger partial charge in [0, 0.05) is 0 Å². The molecule has 0 atom stereocenters. The molecule has 0 aliphatic carbocycles. The van der Waals surface area contributed by atoms with E-state index in [1.54, 1.807) is 0 Å². The van der Waals surface area contributed by atoms with Crippen LogP contribution >= 0.6 is 0 Å². The first-order chi connectivity index (χ1) is 5.86. The van der Waals surface area contributed by atoms with E-state index in [9.17, 15) is 4.79 Å². The number of nitrogens with one attached hydrogen (secondary N) is 1. The van der Waals surface area contributed by atoms with Crippen LogP contribution < -0.4 is 4.43 Å². The first-order valence-corrected chi connectivity index (χ1v) is 5.44. The van der Waals surface area contributed by atoms with Gasteiger partial charge in [-0.15, -0.1) is 0 Å². The summed E-state index contributed by atoms with van der Waals surface area (Å²) in [5.41, 5.74) is 2.05. The molecule has 1 N–H and O–H groups in total. The maximum absolute atomic E-state index is 10.9. The summed E-state index contributed by atoms with van der Waals surface area (Å²) in [5.74, 6) is 0. The molecule has 0 radical (unpaired) electrons. The summed E-state index contributed by atoms with van der Waals surface area (Å²) in [5, 5.41) is 0. The molecule has 0 bridgehead atoms. The van der Waals surface area contributed by atoms with Gasteiger partial charge in [0.2, 0.25) is 0 Å². The molecule has 0 fully saturated rings. The molecule has 1 heterocycles. The summed E-state index contributed by atoms with van der Waals surface area (Å²) >= 11 is -0.00876. The minimum atomic E-state index is -0.00876. The standard InChI is InChI=1S/C9H7NOSe/c11-9-10-8(6-12-9)7-4-2-1-3-5-7/h1-6H,(H,10,11). The van der Waals surface area contributed by atoms with Crippen molar-refractivity contribution in [1.82, 2.24) is 4.98 Å². The van der Waals surface area contributed by atoms with Gasteiger partial charge in [0.1, 0.15) is 0 Å². The average Bonchev–Trinajstić information content (AvgIpc) is 2.54. The normalized spacial score (nSPS) is 10.0. The molecule has 3 heteroatoms. The Morgan fingerprint density at radius 3 is 2.50 bits per heavy atom. The second-order valence-electron chi connectivity index (χ2n) is 2.43. The van der Waals surface area contributed by atoms with Crippen LogP contribution in [0.4, 0.5) is 0 Å². The molecule has 60 valence electrons. The van der Waals surface area contributed by atoms with Gasteiger partial charge >= 0.3 is 75.2 Å². The quantitative estimate of drug-likeness (QED) is 0.723. The van der Waals surface area contributed by atoms with Gasteiger partial charge < -0.3 is 0 Å². The van der Waals surface area contributed by atoms with E-state index in [-0.39, 0.29) is 18.9 Å². The van der Waals surface area contributed by atoms with Crippen molar-refractivity contribution in [3.63, 3.8) is 0 Å². The maximum atomic E-state index is 10.9. The molecule has 0 aliphatic heterocycles. The van der Waals surface area contributed by atoms with Crippen LogP contribution in [-0.4, -0.2) is 19.5 Å². The van der Waals surface area contributed by atoms with Crippen LogP contribution in [0.5, 0.6) is 0 Å². The number of H-pyrrole nitrogens is 1. The van der Waals surface area contributed by atoms with E-state index < -0.39 is 0 Å². The molecule has 2 aromatic rings. The summed E-state index contributed by atoms with van der Waals surface area (Å²) in [4.78, 5) is 15.7. The fourth-order valence-electron chi connectivity index (χ4n) is 1.04. The molecule has 0 saturated carbocycles. The zero-order valence-corrected chi connectivity index (χ0v) is 7.99. The van der Waals surface area contributed by atoms with E-state index in [1.165, 1.54) is 0 Å². The molecule has 1 aromatic carbocycles. The predicted molar refractivity (Wildman–Crippen MR) is 49.4 cm³/mol. The second-order valence-corrected chi connectivity index (χ2v) is 4.19. The van der Waals surface area contributed by atoms with Crippen LogP contribution in [0.1, 0.15) is 0 Å². The van der Waals surface area contributed by atoms with Crippen LogP contribution in [0.3, 0.4) is 0 Å². The van der Waals surface area contributed by atoms with Crippen molar-refractivity contribution in [3.05, 3.63) is 44.5 Å². The first-order valence-electron chi connectivity index (χ1n) is 3.59. The van der Waals surface area contributed by atoms with Gasteiger partial charge in [-0.05, 0) is 0 Å². The predicted octanol–water partition coefficient (Wildman–Crippen LogP) is 1.10. The second kappa shape index (κ2) is 3.13. The van der Waals surface area contributed by atoms with Crippen LogP contribution in [0.25, 0.3) is 11.3 Å². The van der Waals surface area contributed by atoms with Gasteiger partial charge in [0.15, 0.2) is 0 Å². The van der Waals surface area contributed by atoms with E-state index in [1.807, 2.05) is 35.3 Å². The van der Waals surface area contributed by atoms with Crippen molar-refractivity contribution in [3.8, 4) is 11.3 Å². The Bertz CT molecular complexity index is 415. The molecule has 0 unspecified atom stereocenters. The molecule has 0 spiro atoms. The van der Waals surface area contributed by atoms with E-state index in [0.717, 1.165) is 11.3 Å². The summed E-state index contributed by atoms with van der Waals surface area (Å²) in [6.45, 7) is 0. The third-order valence-corrected chi connectivity index (χ3v) is 3.01. The molecule has 12 heavy (non-hydrogen) atoms.